The van der Waals surface area contributed by atoms with Gasteiger partial charge in [0, 0.05) is 10.9 Å². The summed E-state index contributed by atoms with van der Waals surface area (Å²) in [6, 6.07) is 7.82. The molecule has 0 bridgehead atoms. The van der Waals surface area contributed by atoms with E-state index in [1.54, 1.807) is 12.3 Å². The molecule has 1 N–H and O–H groups in total. The zero-order chi connectivity index (χ0) is 9.10. The molecule has 0 aliphatic rings. The molecule has 1 heterocycles. The first kappa shape index (κ1) is 8.08. The fourth-order valence-corrected chi connectivity index (χ4v) is 1.31. The van der Waals surface area contributed by atoms with Crippen LogP contribution in [-0.4, -0.2) is 11.7 Å². The highest BCUT2D eigenvalue weighted by atomic mass is 16.3. The maximum Gasteiger partial charge on any atom is 0.134 e. The Kier molecular flexibility index (Phi) is 2.15. The molecule has 0 spiro atoms. The van der Waals surface area contributed by atoms with Crippen molar-refractivity contribution < 1.29 is 9.52 Å². The van der Waals surface area contributed by atoms with Gasteiger partial charge in [-0.25, -0.2) is 0 Å². The minimum absolute atomic E-state index is 0.0551. The molecule has 2 heteroatoms. The maximum absolute atomic E-state index is 8.62. The quantitative estimate of drug-likeness (QED) is 0.758. The Balaban J connectivity index is 2.52. The maximum atomic E-state index is 8.62. The van der Waals surface area contributed by atoms with Crippen LogP contribution < -0.4 is 0 Å². The van der Waals surface area contributed by atoms with Gasteiger partial charge in [0.15, 0.2) is 0 Å². The van der Waals surface area contributed by atoms with Gasteiger partial charge in [0.25, 0.3) is 0 Å². The van der Waals surface area contributed by atoms with Crippen LogP contribution in [0.2, 0.25) is 0 Å². The molecule has 0 amide bonds. The van der Waals surface area contributed by atoms with Crippen LogP contribution in [0.1, 0.15) is 5.56 Å². The highest BCUT2D eigenvalue weighted by Gasteiger charge is 1.99. The van der Waals surface area contributed by atoms with Crippen molar-refractivity contribution in [2.45, 2.75) is 0 Å². The van der Waals surface area contributed by atoms with Crippen LogP contribution in [0.15, 0.2) is 41.0 Å². The zero-order valence-corrected chi connectivity index (χ0v) is 7.10. The number of aliphatic hydroxyl groups excluding tert-OH is 1. The van der Waals surface area contributed by atoms with Gasteiger partial charge in [-0.2, -0.15) is 0 Å². The zero-order valence-electron chi connectivity index (χ0n) is 7.10. The van der Waals surface area contributed by atoms with E-state index in [1.807, 2.05) is 30.3 Å². The number of hydrogen-bond acceptors (Lipinski definition) is 2. The smallest absolute Gasteiger partial charge is 0.134 e. The first-order valence-corrected chi connectivity index (χ1v) is 4.15. The fourth-order valence-electron chi connectivity index (χ4n) is 1.31. The summed E-state index contributed by atoms with van der Waals surface area (Å²) in [7, 11) is 0. The van der Waals surface area contributed by atoms with Crippen LogP contribution in [0.5, 0.6) is 0 Å². The molecule has 0 radical (unpaired) electrons. The summed E-state index contributed by atoms with van der Waals surface area (Å²) in [5, 5.41) is 9.70. The van der Waals surface area contributed by atoms with Gasteiger partial charge in [-0.15, -0.1) is 0 Å². The second-order valence-electron chi connectivity index (χ2n) is 2.77. The molecule has 2 rings (SSSR count). The molecule has 0 saturated carbocycles. The van der Waals surface area contributed by atoms with E-state index in [-0.39, 0.29) is 6.61 Å². The highest BCUT2D eigenvalue weighted by molar-refractivity contribution is 5.86. The van der Waals surface area contributed by atoms with Crippen LogP contribution in [0.25, 0.3) is 17.0 Å². The lowest BCUT2D eigenvalue weighted by molar-refractivity contribution is 0.343. The van der Waals surface area contributed by atoms with Gasteiger partial charge in [0.1, 0.15) is 5.58 Å². The first-order valence-electron chi connectivity index (χ1n) is 4.15. The summed E-state index contributed by atoms with van der Waals surface area (Å²) in [5.41, 5.74) is 1.88. The summed E-state index contributed by atoms with van der Waals surface area (Å²) in [6.07, 6.45) is 5.24. The Morgan fingerprint density at radius 2 is 2.15 bits per heavy atom. The Morgan fingerprint density at radius 1 is 1.31 bits per heavy atom. The lowest BCUT2D eigenvalue weighted by Gasteiger charge is -1.87. The van der Waals surface area contributed by atoms with Crippen molar-refractivity contribution in [3.63, 3.8) is 0 Å². The average molecular weight is 174 g/mol. The van der Waals surface area contributed by atoms with Gasteiger partial charge in [-0.3, -0.25) is 0 Å². The van der Waals surface area contributed by atoms with E-state index in [0.717, 1.165) is 16.5 Å². The second kappa shape index (κ2) is 3.46. The topological polar surface area (TPSA) is 33.4 Å². The SMILES string of the molecule is OC/C=C/c1coc2ccccc12. The number of furan rings is 1. The van der Waals surface area contributed by atoms with Crippen LogP contribution in [-0.2, 0) is 0 Å². The lowest BCUT2D eigenvalue weighted by Crippen LogP contribution is -1.71. The summed E-state index contributed by atoms with van der Waals surface area (Å²) in [5.74, 6) is 0. The van der Waals surface area contributed by atoms with Crippen molar-refractivity contribution in [3.05, 3.63) is 42.2 Å². The largest absolute Gasteiger partial charge is 0.464 e. The van der Waals surface area contributed by atoms with E-state index >= 15 is 0 Å². The van der Waals surface area contributed by atoms with E-state index in [9.17, 15) is 0 Å². The van der Waals surface area contributed by atoms with Crippen molar-refractivity contribution in [1.82, 2.24) is 0 Å². The van der Waals surface area contributed by atoms with Crippen molar-refractivity contribution in [1.29, 1.82) is 0 Å². The molecule has 0 aliphatic heterocycles. The van der Waals surface area contributed by atoms with Gasteiger partial charge in [-0.05, 0) is 6.07 Å². The predicted octanol–water partition coefficient (Wildman–Crippen LogP) is 2.44. The van der Waals surface area contributed by atoms with E-state index in [4.69, 9.17) is 9.52 Å². The third-order valence-corrected chi connectivity index (χ3v) is 1.91. The van der Waals surface area contributed by atoms with Gasteiger partial charge < -0.3 is 9.52 Å². The van der Waals surface area contributed by atoms with E-state index in [2.05, 4.69) is 0 Å². The molecule has 0 saturated heterocycles. The molecular weight excluding hydrogens is 164 g/mol. The third-order valence-electron chi connectivity index (χ3n) is 1.91. The third kappa shape index (κ3) is 1.48. The number of hydrogen-bond donors (Lipinski definition) is 1. The summed E-state index contributed by atoms with van der Waals surface area (Å²) in [4.78, 5) is 0. The molecule has 0 unspecified atom stereocenters. The van der Waals surface area contributed by atoms with Crippen LogP contribution >= 0.6 is 0 Å². The van der Waals surface area contributed by atoms with Crippen LogP contribution in [0, 0.1) is 0 Å². The molecule has 66 valence electrons. The number of fused-ring (bicyclic) bond motifs is 1. The van der Waals surface area contributed by atoms with Gasteiger partial charge >= 0.3 is 0 Å². The molecule has 0 aliphatic carbocycles. The van der Waals surface area contributed by atoms with E-state index in [0.29, 0.717) is 0 Å². The Hall–Kier alpha value is -1.54. The molecule has 1 aromatic carbocycles. The number of benzene rings is 1. The van der Waals surface area contributed by atoms with E-state index in [1.165, 1.54) is 0 Å². The number of rotatable bonds is 2. The molecule has 0 atom stereocenters. The van der Waals surface area contributed by atoms with Crippen molar-refractivity contribution in [2.24, 2.45) is 0 Å². The Bertz CT molecular complexity index is 426. The standard InChI is InChI=1S/C11H10O2/c12-7-3-4-9-8-13-11-6-2-1-5-10(9)11/h1-6,8,12H,7H2/b4-3+. The first-order chi connectivity index (χ1) is 6.42. The molecule has 0 fully saturated rings. The Labute approximate surface area is 76.1 Å². The second-order valence-corrected chi connectivity index (χ2v) is 2.77. The van der Waals surface area contributed by atoms with Gasteiger partial charge in [0.2, 0.25) is 0 Å². The number of aliphatic hydroxyl groups is 1. The number of para-hydroxylation sites is 1. The molecule has 2 nitrogen and oxygen atoms in total. The average Bonchev–Trinajstić information content (AvgIpc) is 2.58. The minimum atomic E-state index is 0.0551. The van der Waals surface area contributed by atoms with Crippen molar-refractivity contribution in [3.8, 4) is 0 Å². The normalized spacial score (nSPS) is 11.5. The van der Waals surface area contributed by atoms with Crippen molar-refractivity contribution in [2.75, 3.05) is 6.61 Å². The lowest BCUT2D eigenvalue weighted by atomic mass is 10.2. The predicted molar refractivity (Wildman–Crippen MR) is 52.3 cm³/mol. The van der Waals surface area contributed by atoms with E-state index < -0.39 is 0 Å². The molecule has 2 aromatic rings. The van der Waals surface area contributed by atoms with Crippen molar-refractivity contribution >= 4 is 17.0 Å². The van der Waals surface area contributed by atoms with Crippen LogP contribution in [0.3, 0.4) is 0 Å². The highest BCUT2D eigenvalue weighted by Crippen LogP contribution is 2.21. The molecular formula is C11H10O2. The fraction of sp³-hybridized carbons (Fsp3) is 0.0909. The summed E-state index contributed by atoms with van der Waals surface area (Å²) in [6.45, 7) is 0.0551. The summed E-state index contributed by atoms with van der Waals surface area (Å²) >= 11 is 0. The molecule has 13 heavy (non-hydrogen) atoms. The van der Waals surface area contributed by atoms with Gasteiger partial charge in [0.05, 0.1) is 12.9 Å². The minimum Gasteiger partial charge on any atom is -0.464 e. The molecule has 1 aromatic heterocycles. The Morgan fingerprint density at radius 3 is 3.00 bits per heavy atom. The van der Waals surface area contributed by atoms with Gasteiger partial charge in [-0.1, -0.05) is 30.4 Å². The summed E-state index contributed by atoms with van der Waals surface area (Å²) < 4.78 is 5.31. The van der Waals surface area contributed by atoms with Crippen LogP contribution in [0.4, 0.5) is 0 Å². The monoisotopic (exact) mass is 174 g/mol.